The second-order valence-corrected chi connectivity index (χ2v) is 4.12. The molecule has 1 aromatic heterocycles. The second-order valence-electron chi connectivity index (χ2n) is 4.12. The van der Waals surface area contributed by atoms with E-state index in [9.17, 15) is 4.79 Å². The highest BCUT2D eigenvalue weighted by molar-refractivity contribution is 5.80. The molecule has 0 aromatic carbocycles. The van der Waals surface area contributed by atoms with Crippen molar-refractivity contribution in [2.24, 2.45) is 0 Å². The van der Waals surface area contributed by atoms with Gasteiger partial charge in [0, 0.05) is 19.7 Å². The number of amides is 1. The first-order valence-electron chi connectivity index (χ1n) is 5.45. The largest absolute Gasteiger partial charge is 0.368 e. The minimum absolute atomic E-state index is 0.0261. The lowest BCUT2D eigenvalue weighted by atomic mass is 10.2. The average Bonchev–Trinajstić information content (AvgIpc) is 2.88. The number of hydrogen-bond acceptors (Lipinski definition) is 4. The van der Waals surface area contributed by atoms with Crippen molar-refractivity contribution in [3.8, 4) is 0 Å². The maximum Gasteiger partial charge on any atom is 0.251 e. The number of nitrogens with zero attached hydrogens (tertiary/aromatic N) is 2. The van der Waals surface area contributed by atoms with E-state index in [1.165, 1.54) is 0 Å². The van der Waals surface area contributed by atoms with Gasteiger partial charge in [0.25, 0.3) is 5.91 Å². The highest BCUT2D eigenvalue weighted by Gasteiger charge is 2.26. The number of carbonyl (C=O) groups is 1. The van der Waals surface area contributed by atoms with Crippen LogP contribution in [-0.2, 0) is 16.1 Å². The van der Waals surface area contributed by atoms with Crippen molar-refractivity contribution in [2.75, 3.05) is 13.7 Å². The Bertz CT molecular complexity index is 369. The van der Waals surface area contributed by atoms with Gasteiger partial charge in [-0.3, -0.25) is 4.79 Å². The van der Waals surface area contributed by atoms with Crippen LogP contribution in [0.2, 0.25) is 0 Å². The van der Waals surface area contributed by atoms with Gasteiger partial charge in [0.15, 0.2) is 0 Å². The number of ether oxygens (including phenoxy) is 1. The van der Waals surface area contributed by atoms with Crippen molar-refractivity contribution in [3.05, 3.63) is 17.5 Å². The van der Waals surface area contributed by atoms with Gasteiger partial charge in [-0.25, -0.2) is 0 Å². The monoisotopic (exact) mass is 224 g/mol. The molecule has 0 radical (unpaired) electrons. The number of carbonyl (C=O) groups excluding carboxylic acids is 1. The summed E-state index contributed by atoms with van der Waals surface area (Å²) >= 11 is 0. The van der Waals surface area contributed by atoms with Crippen LogP contribution in [0.15, 0.2) is 10.6 Å². The summed E-state index contributed by atoms with van der Waals surface area (Å²) in [6.45, 7) is 2.99. The van der Waals surface area contributed by atoms with Crippen molar-refractivity contribution in [1.29, 1.82) is 0 Å². The van der Waals surface area contributed by atoms with Crippen LogP contribution in [0.25, 0.3) is 0 Å². The SMILES string of the molecule is Cc1cc(CN(C)C(=O)[C@H]2CCCO2)no1. The third-order valence-electron chi connectivity index (χ3n) is 2.66. The first-order chi connectivity index (χ1) is 7.66. The molecule has 88 valence electrons. The highest BCUT2D eigenvalue weighted by atomic mass is 16.5. The van der Waals surface area contributed by atoms with Crippen molar-refractivity contribution in [2.45, 2.75) is 32.4 Å². The van der Waals surface area contributed by atoms with Gasteiger partial charge in [0.2, 0.25) is 0 Å². The number of aryl methyl sites for hydroxylation is 1. The van der Waals surface area contributed by atoms with Crippen molar-refractivity contribution in [1.82, 2.24) is 10.1 Å². The average molecular weight is 224 g/mol. The minimum atomic E-state index is -0.266. The Labute approximate surface area is 94.3 Å². The fourth-order valence-electron chi connectivity index (χ4n) is 1.83. The summed E-state index contributed by atoms with van der Waals surface area (Å²) in [6, 6.07) is 1.83. The topological polar surface area (TPSA) is 55.6 Å². The fourth-order valence-corrected chi connectivity index (χ4v) is 1.83. The molecule has 1 atom stereocenters. The lowest BCUT2D eigenvalue weighted by molar-refractivity contribution is -0.140. The summed E-state index contributed by atoms with van der Waals surface area (Å²) in [5.74, 6) is 0.783. The van der Waals surface area contributed by atoms with E-state index in [1.807, 2.05) is 13.0 Å². The first-order valence-corrected chi connectivity index (χ1v) is 5.45. The predicted molar refractivity (Wildman–Crippen MR) is 56.7 cm³/mol. The molecule has 0 N–H and O–H groups in total. The number of likely N-dealkylation sites (N-methyl/N-ethyl adjacent to an activating group) is 1. The molecule has 1 fully saturated rings. The van der Waals surface area contributed by atoms with Gasteiger partial charge in [0.1, 0.15) is 17.6 Å². The van der Waals surface area contributed by atoms with Crippen LogP contribution in [0.4, 0.5) is 0 Å². The standard InChI is InChI=1S/C11H16N2O3/c1-8-6-9(12-16-8)7-13(2)11(14)10-4-3-5-15-10/h6,10H,3-5,7H2,1-2H3/t10-/m1/s1. The highest BCUT2D eigenvalue weighted by Crippen LogP contribution is 2.15. The molecule has 2 heterocycles. The maximum atomic E-state index is 11.9. The van der Waals surface area contributed by atoms with Crippen LogP contribution in [0.3, 0.4) is 0 Å². The molecule has 0 bridgehead atoms. The van der Waals surface area contributed by atoms with Crippen LogP contribution < -0.4 is 0 Å². The summed E-state index contributed by atoms with van der Waals surface area (Å²) in [5.41, 5.74) is 0.770. The van der Waals surface area contributed by atoms with Gasteiger partial charge in [-0.2, -0.15) is 0 Å². The molecule has 1 aliphatic heterocycles. The summed E-state index contributed by atoms with van der Waals surface area (Å²) in [7, 11) is 1.76. The predicted octanol–water partition coefficient (Wildman–Crippen LogP) is 1.12. The summed E-state index contributed by atoms with van der Waals surface area (Å²) in [4.78, 5) is 13.5. The minimum Gasteiger partial charge on any atom is -0.368 e. The zero-order valence-electron chi connectivity index (χ0n) is 9.60. The molecule has 2 rings (SSSR count). The van der Waals surface area contributed by atoms with E-state index in [4.69, 9.17) is 9.26 Å². The van der Waals surface area contributed by atoms with Gasteiger partial charge in [-0.15, -0.1) is 0 Å². The third kappa shape index (κ3) is 2.41. The van der Waals surface area contributed by atoms with E-state index in [0.717, 1.165) is 24.3 Å². The van der Waals surface area contributed by atoms with Crippen LogP contribution in [-0.4, -0.2) is 35.7 Å². The Morgan fingerprint density at radius 3 is 3.06 bits per heavy atom. The van der Waals surface area contributed by atoms with Crippen LogP contribution in [0.5, 0.6) is 0 Å². The Kier molecular flexibility index (Phi) is 3.24. The molecular formula is C11H16N2O3. The van der Waals surface area contributed by atoms with E-state index in [0.29, 0.717) is 13.2 Å². The van der Waals surface area contributed by atoms with Crippen molar-refractivity contribution in [3.63, 3.8) is 0 Å². The zero-order valence-corrected chi connectivity index (χ0v) is 9.60. The Hall–Kier alpha value is -1.36. The second kappa shape index (κ2) is 4.65. The molecule has 0 aliphatic carbocycles. The lowest BCUT2D eigenvalue weighted by Crippen LogP contribution is -2.35. The smallest absolute Gasteiger partial charge is 0.251 e. The third-order valence-corrected chi connectivity index (χ3v) is 2.66. The van der Waals surface area contributed by atoms with Gasteiger partial charge < -0.3 is 14.2 Å². The first kappa shape index (κ1) is 11.1. The number of aromatic nitrogens is 1. The summed E-state index contributed by atoms with van der Waals surface area (Å²) in [5, 5.41) is 3.86. The van der Waals surface area contributed by atoms with Crippen molar-refractivity contribution < 1.29 is 14.1 Å². The molecule has 1 saturated heterocycles. The zero-order chi connectivity index (χ0) is 11.5. The molecular weight excluding hydrogens is 208 g/mol. The Morgan fingerprint density at radius 1 is 1.69 bits per heavy atom. The van der Waals surface area contributed by atoms with E-state index >= 15 is 0 Å². The van der Waals surface area contributed by atoms with Gasteiger partial charge in [-0.1, -0.05) is 5.16 Å². The summed E-state index contributed by atoms with van der Waals surface area (Å²) in [6.07, 6.45) is 1.52. The Morgan fingerprint density at radius 2 is 2.50 bits per heavy atom. The maximum absolute atomic E-state index is 11.9. The number of rotatable bonds is 3. The van der Waals surface area contributed by atoms with Crippen molar-refractivity contribution >= 4 is 5.91 Å². The van der Waals surface area contributed by atoms with Crippen LogP contribution >= 0.6 is 0 Å². The quantitative estimate of drug-likeness (QED) is 0.772. The molecule has 1 aliphatic rings. The molecule has 0 saturated carbocycles. The fraction of sp³-hybridized carbons (Fsp3) is 0.636. The van der Waals surface area contributed by atoms with E-state index in [1.54, 1.807) is 11.9 Å². The van der Waals surface area contributed by atoms with Crippen LogP contribution in [0, 0.1) is 6.92 Å². The lowest BCUT2D eigenvalue weighted by Gasteiger charge is -2.19. The molecule has 5 nitrogen and oxygen atoms in total. The molecule has 1 aromatic rings. The van der Waals surface area contributed by atoms with E-state index < -0.39 is 0 Å². The Balaban J connectivity index is 1.91. The molecule has 5 heteroatoms. The van der Waals surface area contributed by atoms with E-state index in [2.05, 4.69) is 5.16 Å². The molecule has 0 spiro atoms. The van der Waals surface area contributed by atoms with Gasteiger partial charge in [-0.05, 0) is 19.8 Å². The van der Waals surface area contributed by atoms with Crippen LogP contribution in [0.1, 0.15) is 24.3 Å². The van der Waals surface area contributed by atoms with Gasteiger partial charge >= 0.3 is 0 Å². The van der Waals surface area contributed by atoms with E-state index in [-0.39, 0.29) is 12.0 Å². The normalized spacial score (nSPS) is 20.0. The number of hydrogen-bond donors (Lipinski definition) is 0. The molecule has 0 unspecified atom stereocenters. The summed E-state index contributed by atoms with van der Waals surface area (Å²) < 4.78 is 10.3. The van der Waals surface area contributed by atoms with Gasteiger partial charge in [0.05, 0.1) is 6.54 Å². The molecule has 16 heavy (non-hydrogen) atoms. The molecule has 1 amide bonds.